The normalized spacial score (nSPS) is 14.3. The van der Waals surface area contributed by atoms with Gasteiger partial charge in [-0.25, -0.2) is 0 Å². The Kier molecular flexibility index (Phi) is 6.86. The van der Waals surface area contributed by atoms with Crippen LogP contribution in [0.1, 0.15) is 28.1 Å². The topological polar surface area (TPSA) is 89.6 Å². The van der Waals surface area contributed by atoms with Gasteiger partial charge >= 0.3 is 0 Å². The van der Waals surface area contributed by atoms with Crippen LogP contribution >= 0.6 is 0 Å². The van der Waals surface area contributed by atoms with E-state index in [-0.39, 0.29) is 17.5 Å². The van der Waals surface area contributed by atoms with Crippen molar-refractivity contribution in [3.63, 3.8) is 0 Å². The van der Waals surface area contributed by atoms with Crippen LogP contribution in [-0.2, 0) is 4.79 Å². The number of hydrogen-bond acceptors (Lipinski definition) is 5. The van der Waals surface area contributed by atoms with Crippen LogP contribution in [-0.4, -0.2) is 42.9 Å². The summed E-state index contributed by atoms with van der Waals surface area (Å²) in [4.78, 5) is 30.1. The molecule has 7 nitrogen and oxygen atoms in total. The SMILES string of the molecule is N#Cc1ccccc1N1CCCN(C(=O)/C(=C\c2ccco2)NC(=O)c2ccccc2)CC1. The molecule has 1 aliphatic rings. The number of hydrogen-bond donors (Lipinski definition) is 1. The maximum atomic E-state index is 13.4. The molecule has 0 aliphatic carbocycles. The Morgan fingerprint density at radius 3 is 2.48 bits per heavy atom. The number of carbonyl (C=O) groups excluding carboxylic acids is 2. The summed E-state index contributed by atoms with van der Waals surface area (Å²) >= 11 is 0. The van der Waals surface area contributed by atoms with Crippen molar-refractivity contribution in [2.45, 2.75) is 6.42 Å². The lowest BCUT2D eigenvalue weighted by atomic mass is 10.1. The summed E-state index contributed by atoms with van der Waals surface area (Å²) in [6.45, 7) is 2.33. The van der Waals surface area contributed by atoms with E-state index in [0.29, 0.717) is 36.5 Å². The zero-order valence-electron chi connectivity index (χ0n) is 18.1. The summed E-state index contributed by atoms with van der Waals surface area (Å²) in [7, 11) is 0. The molecule has 0 unspecified atom stereocenters. The second-order valence-corrected chi connectivity index (χ2v) is 7.66. The largest absolute Gasteiger partial charge is 0.465 e. The van der Waals surface area contributed by atoms with Crippen molar-refractivity contribution in [2.75, 3.05) is 31.1 Å². The Bertz CT molecular complexity index is 1180. The molecule has 2 amide bonds. The molecule has 0 saturated carbocycles. The average molecular weight is 441 g/mol. The first-order valence-electron chi connectivity index (χ1n) is 10.8. The summed E-state index contributed by atoms with van der Waals surface area (Å²) in [5.41, 5.74) is 2.11. The van der Waals surface area contributed by atoms with Crippen LogP contribution in [0.25, 0.3) is 6.08 Å². The molecule has 166 valence electrons. The van der Waals surface area contributed by atoms with Crippen LogP contribution < -0.4 is 10.2 Å². The van der Waals surface area contributed by atoms with Crippen molar-refractivity contribution in [3.8, 4) is 6.07 Å². The molecule has 2 heterocycles. The molecule has 1 aromatic heterocycles. The molecule has 0 atom stereocenters. The van der Waals surface area contributed by atoms with Crippen molar-refractivity contribution in [1.82, 2.24) is 10.2 Å². The molecule has 2 aromatic carbocycles. The lowest BCUT2D eigenvalue weighted by Gasteiger charge is -2.25. The average Bonchev–Trinajstić information content (AvgIpc) is 3.25. The van der Waals surface area contributed by atoms with Crippen molar-refractivity contribution < 1.29 is 14.0 Å². The van der Waals surface area contributed by atoms with Crippen molar-refractivity contribution in [2.24, 2.45) is 0 Å². The van der Waals surface area contributed by atoms with Crippen LogP contribution in [0.15, 0.2) is 83.1 Å². The van der Waals surface area contributed by atoms with Gasteiger partial charge in [0.1, 0.15) is 17.5 Å². The van der Waals surface area contributed by atoms with E-state index in [0.717, 1.165) is 18.7 Å². The first-order chi connectivity index (χ1) is 16.2. The molecule has 1 N–H and O–H groups in total. The van der Waals surface area contributed by atoms with E-state index in [9.17, 15) is 14.9 Å². The number of furan rings is 1. The Balaban J connectivity index is 1.52. The van der Waals surface area contributed by atoms with Crippen LogP contribution in [0.2, 0.25) is 0 Å². The fraction of sp³-hybridized carbons (Fsp3) is 0.192. The van der Waals surface area contributed by atoms with Crippen LogP contribution in [0.5, 0.6) is 0 Å². The summed E-state index contributed by atoms with van der Waals surface area (Å²) in [6.07, 6.45) is 3.81. The lowest BCUT2D eigenvalue weighted by Crippen LogP contribution is -2.40. The molecule has 1 fully saturated rings. The van der Waals surface area contributed by atoms with Gasteiger partial charge in [0.05, 0.1) is 17.5 Å². The van der Waals surface area contributed by atoms with E-state index in [4.69, 9.17) is 4.42 Å². The first-order valence-corrected chi connectivity index (χ1v) is 10.8. The molecule has 1 aliphatic heterocycles. The molecule has 4 rings (SSSR count). The predicted molar refractivity (Wildman–Crippen MR) is 125 cm³/mol. The Morgan fingerprint density at radius 1 is 0.939 bits per heavy atom. The van der Waals surface area contributed by atoms with Gasteiger partial charge in [-0.15, -0.1) is 0 Å². The summed E-state index contributed by atoms with van der Waals surface area (Å²) in [6, 6.07) is 21.9. The molecule has 3 aromatic rings. The first kappa shape index (κ1) is 21.9. The third-order valence-electron chi connectivity index (χ3n) is 5.49. The molecule has 33 heavy (non-hydrogen) atoms. The van der Waals surface area contributed by atoms with E-state index in [1.165, 1.54) is 6.26 Å². The highest BCUT2D eigenvalue weighted by Crippen LogP contribution is 2.21. The monoisotopic (exact) mass is 440 g/mol. The fourth-order valence-electron chi connectivity index (χ4n) is 3.83. The van der Waals surface area contributed by atoms with Gasteiger partial charge in [-0.3, -0.25) is 9.59 Å². The quantitative estimate of drug-likeness (QED) is 0.612. The fourth-order valence-corrected chi connectivity index (χ4v) is 3.83. The molecular weight excluding hydrogens is 416 g/mol. The number of nitrogens with one attached hydrogen (secondary N) is 1. The van der Waals surface area contributed by atoms with Crippen molar-refractivity contribution in [1.29, 1.82) is 5.26 Å². The minimum absolute atomic E-state index is 0.157. The lowest BCUT2D eigenvalue weighted by molar-refractivity contribution is -0.127. The maximum Gasteiger partial charge on any atom is 0.270 e. The number of benzene rings is 2. The summed E-state index contributed by atoms with van der Waals surface area (Å²) < 4.78 is 5.38. The number of para-hydroxylation sites is 1. The molecule has 1 saturated heterocycles. The second kappa shape index (κ2) is 10.3. The van der Waals surface area contributed by atoms with Gasteiger partial charge in [0, 0.05) is 37.8 Å². The Labute approximate surface area is 192 Å². The van der Waals surface area contributed by atoms with E-state index in [1.54, 1.807) is 53.4 Å². The van der Waals surface area contributed by atoms with E-state index in [2.05, 4.69) is 16.3 Å². The van der Waals surface area contributed by atoms with Gasteiger partial charge in [-0.2, -0.15) is 5.26 Å². The van der Waals surface area contributed by atoms with Crippen LogP contribution in [0.4, 0.5) is 5.69 Å². The Hall–Kier alpha value is -4.31. The molecule has 7 heteroatoms. The van der Waals surface area contributed by atoms with Gasteiger partial charge in [-0.1, -0.05) is 30.3 Å². The van der Waals surface area contributed by atoms with Gasteiger partial charge in [0.25, 0.3) is 11.8 Å². The van der Waals surface area contributed by atoms with Crippen LogP contribution in [0, 0.1) is 11.3 Å². The number of carbonyl (C=O) groups is 2. The number of anilines is 1. The van der Waals surface area contributed by atoms with E-state index in [1.807, 2.05) is 24.3 Å². The minimum Gasteiger partial charge on any atom is -0.465 e. The number of nitrogens with zero attached hydrogens (tertiary/aromatic N) is 3. The molecule has 0 bridgehead atoms. The van der Waals surface area contributed by atoms with Gasteiger partial charge in [-0.05, 0) is 42.8 Å². The standard InChI is InChI=1S/C26H24N4O3/c27-19-21-10-4-5-12-24(21)29-13-7-14-30(16-15-29)26(32)23(18-22-11-6-17-33-22)28-25(31)20-8-2-1-3-9-20/h1-6,8-12,17-18H,7,13-16H2,(H,28,31)/b23-18+. The number of amides is 2. The van der Waals surface area contributed by atoms with Crippen molar-refractivity contribution in [3.05, 3.63) is 95.6 Å². The highest BCUT2D eigenvalue weighted by Gasteiger charge is 2.24. The summed E-state index contributed by atoms with van der Waals surface area (Å²) in [5, 5.41) is 12.2. The maximum absolute atomic E-state index is 13.4. The van der Waals surface area contributed by atoms with E-state index >= 15 is 0 Å². The van der Waals surface area contributed by atoms with Gasteiger partial charge in [0.15, 0.2) is 0 Å². The zero-order valence-corrected chi connectivity index (χ0v) is 18.1. The predicted octanol–water partition coefficient (Wildman–Crippen LogP) is 3.66. The molecular formula is C26H24N4O3. The van der Waals surface area contributed by atoms with Gasteiger partial charge in [0.2, 0.25) is 0 Å². The van der Waals surface area contributed by atoms with Crippen molar-refractivity contribution >= 4 is 23.6 Å². The summed E-state index contributed by atoms with van der Waals surface area (Å²) in [5.74, 6) is -0.154. The second-order valence-electron chi connectivity index (χ2n) is 7.66. The number of nitriles is 1. The zero-order chi connectivity index (χ0) is 23.0. The highest BCUT2D eigenvalue weighted by molar-refractivity contribution is 6.05. The third kappa shape index (κ3) is 5.31. The minimum atomic E-state index is -0.360. The molecule has 0 spiro atoms. The smallest absolute Gasteiger partial charge is 0.270 e. The molecule has 0 radical (unpaired) electrons. The third-order valence-corrected chi connectivity index (χ3v) is 5.49. The number of rotatable bonds is 5. The van der Waals surface area contributed by atoms with Crippen LogP contribution in [0.3, 0.4) is 0 Å². The van der Waals surface area contributed by atoms with Gasteiger partial charge < -0.3 is 19.5 Å². The van der Waals surface area contributed by atoms with E-state index < -0.39 is 0 Å². The highest BCUT2D eigenvalue weighted by atomic mass is 16.3. The Morgan fingerprint density at radius 2 is 1.73 bits per heavy atom.